The molecule has 0 radical (unpaired) electrons. The maximum atomic E-state index is 9.73. The first-order valence-corrected chi connectivity index (χ1v) is 9.31. The number of aliphatic hydroxyl groups is 1. The molecule has 0 fully saturated rings. The standard InChI is InChI=1S/C19H39NO2/c1-3-4-5-6-7-8-9-10-11-12-13-14-15-16-19(21)18(20)17-22-2/h15-16,18-19,21H,3-14,17,20H2,1-2H3/b16-15+. The van der Waals surface area contributed by atoms with Gasteiger partial charge in [0.15, 0.2) is 0 Å². The number of ether oxygens (including phenoxy) is 1. The third kappa shape index (κ3) is 14.6. The number of methoxy groups -OCH3 is 1. The summed E-state index contributed by atoms with van der Waals surface area (Å²) in [7, 11) is 1.60. The third-order valence-electron chi connectivity index (χ3n) is 4.11. The van der Waals surface area contributed by atoms with Crippen LogP contribution in [0.1, 0.15) is 84.0 Å². The molecule has 0 saturated heterocycles. The summed E-state index contributed by atoms with van der Waals surface area (Å²) in [5, 5.41) is 9.73. The van der Waals surface area contributed by atoms with Crippen molar-refractivity contribution in [2.45, 2.75) is 96.1 Å². The normalized spacial score (nSPS) is 14.5. The van der Waals surface area contributed by atoms with E-state index in [1.165, 1.54) is 70.6 Å². The summed E-state index contributed by atoms with van der Waals surface area (Å²) in [5.74, 6) is 0. The number of nitrogens with two attached hydrogens (primary N) is 1. The summed E-state index contributed by atoms with van der Waals surface area (Å²) in [5.41, 5.74) is 5.75. The highest BCUT2D eigenvalue weighted by Gasteiger charge is 2.09. The van der Waals surface area contributed by atoms with Crippen LogP contribution in [0.4, 0.5) is 0 Å². The molecule has 22 heavy (non-hydrogen) atoms. The minimum Gasteiger partial charge on any atom is -0.387 e. The Morgan fingerprint density at radius 3 is 1.91 bits per heavy atom. The highest BCUT2D eigenvalue weighted by molar-refractivity contribution is 4.93. The van der Waals surface area contributed by atoms with Crippen molar-refractivity contribution in [2.75, 3.05) is 13.7 Å². The van der Waals surface area contributed by atoms with Crippen molar-refractivity contribution in [1.29, 1.82) is 0 Å². The molecule has 0 aromatic heterocycles. The molecule has 0 saturated carbocycles. The molecule has 0 amide bonds. The number of hydrogen-bond donors (Lipinski definition) is 2. The number of rotatable bonds is 16. The molecule has 0 heterocycles. The van der Waals surface area contributed by atoms with Crippen LogP contribution in [0.25, 0.3) is 0 Å². The largest absolute Gasteiger partial charge is 0.387 e. The zero-order valence-corrected chi connectivity index (χ0v) is 14.9. The van der Waals surface area contributed by atoms with Gasteiger partial charge in [-0.3, -0.25) is 0 Å². The zero-order valence-electron chi connectivity index (χ0n) is 14.9. The second-order valence-electron chi connectivity index (χ2n) is 6.36. The molecule has 0 aromatic rings. The molecular weight excluding hydrogens is 274 g/mol. The molecule has 3 N–H and O–H groups in total. The monoisotopic (exact) mass is 313 g/mol. The zero-order chi connectivity index (χ0) is 16.5. The Morgan fingerprint density at radius 1 is 0.909 bits per heavy atom. The molecule has 0 bridgehead atoms. The van der Waals surface area contributed by atoms with Crippen LogP contribution in [0.3, 0.4) is 0 Å². The van der Waals surface area contributed by atoms with Gasteiger partial charge < -0.3 is 15.6 Å². The molecule has 0 aliphatic heterocycles. The van der Waals surface area contributed by atoms with Gasteiger partial charge in [0.1, 0.15) is 0 Å². The van der Waals surface area contributed by atoms with E-state index < -0.39 is 6.10 Å². The first-order valence-electron chi connectivity index (χ1n) is 9.31. The Labute approximate surface area is 138 Å². The predicted octanol–water partition coefficient (Wildman–Crippen LogP) is 4.58. The fraction of sp³-hybridized carbons (Fsp3) is 0.895. The summed E-state index contributed by atoms with van der Waals surface area (Å²) in [6.07, 6.45) is 19.3. The van der Waals surface area contributed by atoms with E-state index in [0.717, 1.165) is 6.42 Å². The van der Waals surface area contributed by atoms with Crippen LogP contribution in [0.15, 0.2) is 12.2 Å². The van der Waals surface area contributed by atoms with Gasteiger partial charge in [0.05, 0.1) is 18.8 Å². The quantitative estimate of drug-likeness (QED) is 0.324. The van der Waals surface area contributed by atoms with Crippen molar-refractivity contribution < 1.29 is 9.84 Å². The van der Waals surface area contributed by atoms with Crippen molar-refractivity contribution >= 4 is 0 Å². The Bertz CT molecular complexity index is 244. The predicted molar refractivity (Wildman–Crippen MR) is 96.1 cm³/mol. The average molecular weight is 314 g/mol. The fourth-order valence-electron chi connectivity index (χ4n) is 2.60. The lowest BCUT2D eigenvalue weighted by molar-refractivity contribution is 0.113. The topological polar surface area (TPSA) is 55.5 Å². The van der Waals surface area contributed by atoms with E-state index in [0.29, 0.717) is 6.61 Å². The van der Waals surface area contributed by atoms with Gasteiger partial charge in [-0.15, -0.1) is 0 Å². The summed E-state index contributed by atoms with van der Waals surface area (Å²) >= 11 is 0. The van der Waals surface area contributed by atoms with Crippen LogP contribution < -0.4 is 5.73 Å². The molecule has 3 nitrogen and oxygen atoms in total. The van der Waals surface area contributed by atoms with Gasteiger partial charge in [-0.1, -0.05) is 83.3 Å². The van der Waals surface area contributed by atoms with E-state index >= 15 is 0 Å². The van der Waals surface area contributed by atoms with E-state index in [9.17, 15) is 5.11 Å². The highest BCUT2D eigenvalue weighted by Crippen LogP contribution is 2.12. The number of aliphatic hydroxyl groups excluding tert-OH is 1. The van der Waals surface area contributed by atoms with Crippen molar-refractivity contribution in [3.8, 4) is 0 Å². The summed E-state index contributed by atoms with van der Waals surface area (Å²) in [6.45, 7) is 2.66. The summed E-state index contributed by atoms with van der Waals surface area (Å²) in [6, 6.07) is -0.321. The fourth-order valence-corrected chi connectivity index (χ4v) is 2.60. The summed E-state index contributed by atoms with van der Waals surface area (Å²) < 4.78 is 4.92. The average Bonchev–Trinajstić information content (AvgIpc) is 2.51. The van der Waals surface area contributed by atoms with Gasteiger partial charge in [0, 0.05) is 7.11 Å². The maximum Gasteiger partial charge on any atom is 0.0894 e. The van der Waals surface area contributed by atoms with Crippen LogP contribution in [-0.4, -0.2) is 31.0 Å². The van der Waals surface area contributed by atoms with Crippen molar-refractivity contribution in [1.82, 2.24) is 0 Å². The molecule has 132 valence electrons. The van der Waals surface area contributed by atoms with Crippen LogP contribution in [0.2, 0.25) is 0 Å². The summed E-state index contributed by atoms with van der Waals surface area (Å²) in [4.78, 5) is 0. The Morgan fingerprint density at radius 2 is 1.41 bits per heavy atom. The Kier molecular flexibility index (Phi) is 16.7. The number of hydrogen-bond acceptors (Lipinski definition) is 3. The minimum atomic E-state index is -0.590. The molecular formula is C19H39NO2. The first-order chi connectivity index (χ1) is 10.7. The second kappa shape index (κ2) is 17.0. The smallest absolute Gasteiger partial charge is 0.0894 e. The molecule has 2 unspecified atom stereocenters. The van der Waals surface area contributed by atoms with Gasteiger partial charge in [-0.05, 0) is 12.8 Å². The van der Waals surface area contributed by atoms with E-state index in [2.05, 4.69) is 6.92 Å². The van der Waals surface area contributed by atoms with Crippen LogP contribution in [0, 0.1) is 0 Å². The van der Waals surface area contributed by atoms with E-state index in [-0.39, 0.29) is 6.04 Å². The number of unbranched alkanes of at least 4 members (excludes halogenated alkanes) is 11. The van der Waals surface area contributed by atoms with Gasteiger partial charge in [-0.2, -0.15) is 0 Å². The Balaban J connectivity index is 3.26. The van der Waals surface area contributed by atoms with E-state index in [1.807, 2.05) is 6.08 Å². The SMILES string of the molecule is CCCCCCCCCCCCC/C=C/C(O)C(N)COC. The first kappa shape index (κ1) is 21.6. The van der Waals surface area contributed by atoms with E-state index in [1.54, 1.807) is 13.2 Å². The molecule has 2 atom stereocenters. The van der Waals surface area contributed by atoms with Gasteiger partial charge in [-0.25, -0.2) is 0 Å². The Hall–Kier alpha value is -0.380. The van der Waals surface area contributed by atoms with Gasteiger partial charge >= 0.3 is 0 Å². The van der Waals surface area contributed by atoms with Gasteiger partial charge in [0.25, 0.3) is 0 Å². The molecule has 3 heteroatoms. The van der Waals surface area contributed by atoms with E-state index in [4.69, 9.17) is 10.5 Å². The van der Waals surface area contributed by atoms with Gasteiger partial charge in [0.2, 0.25) is 0 Å². The molecule has 0 aliphatic rings. The van der Waals surface area contributed by atoms with Crippen LogP contribution in [-0.2, 0) is 4.74 Å². The molecule has 0 aromatic carbocycles. The number of allylic oxidation sites excluding steroid dienone is 1. The second-order valence-corrected chi connectivity index (χ2v) is 6.36. The van der Waals surface area contributed by atoms with Crippen LogP contribution >= 0.6 is 0 Å². The highest BCUT2D eigenvalue weighted by atomic mass is 16.5. The van der Waals surface area contributed by atoms with Crippen molar-refractivity contribution in [3.05, 3.63) is 12.2 Å². The van der Waals surface area contributed by atoms with Crippen LogP contribution in [0.5, 0.6) is 0 Å². The van der Waals surface area contributed by atoms with Crippen molar-refractivity contribution in [2.24, 2.45) is 5.73 Å². The lowest BCUT2D eigenvalue weighted by Crippen LogP contribution is -2.37. The lowest BCUT2D eigenvalue weighted by Gasteiger charge is -2.13. The lowest BCUT2D eigenvalue weighted by atomic mass is 10.0. The molecule has 0 rings (SSSR count). The van der Waals surface area contributed by atoms with Crippen molar-refractivity contribution in [3.63, 3.8) is 0 Å². The maximum absolute atomic E-state index is 9.73. The minimum absolute atomic E-state index is 0.321. The molecule has 0 spiro atoms. The molecule has 0 aliphatic carbocycles. The third-order valence-corrected chi connectivity index (χ3v) is 4.11.